The SMILES string of the molecule is CSC1=N/C(=C\C=C\c2ccco2)C(=O)S1. The molecule has 82 valence electrons. The van der Waals surface area contributed by atoms with Crippen molar-refractivity contribution in [1.29, 1.82) is 0 Å². The molecule has 0 spiro atoms. The standard InChI is InChI=1S/C11H9NO2S2/c1-15-11-12-9(10(13)16-11)6-2-4-8-5-3-7-14-8/h2-7H,1H3/b4-2+,9-6-. The van der Waals surface area contributed by atoms with Gasteiger partial charge in [0.1, 0.15) is 15.8 Å². The van der Waals surface area contributed by atoms with E-state index in [-0.39, 0.29) is 5.12 Å². The van der Waals surface area contributed by atoms with Gasteiger partial charge in [0.25, 0.3) is 0 Å². The monoisotopic (exact) mass is 251 g/mol. The van der Waals surface area contributed by atoms with Crippen molar-refractivity contribution < 1.29 is 9.21 Å². The fourth-order valence-corrected chi connectivity index (χ4v) is 2.38. The maximum atomic E-state index is 11.4. The molecule has 0 aromatic carbocycles. The van der Waals surface area contributed by atoms with Gasteiger partial charge in [-0.25, -0.2) is 4.99 Å². The van der Waals surface area contributed by atoms with Crippen LogP contribution in [-0.4, -0.2) is 15.7 Å². The predicted molar refractivity (Wildman–Crippen MR) is 69.4 cm³/mol. The van der Waals surface area contributed by atoms with Crippen LogP contribution in [0.4, 0.5) is 0 Å². The van der Waals surface area contributed by atoms with Crippen molar-refractivity contribution in [2.75, 3.05) is 6.26 Å². The largest absolute Gasteiger partial charge is 0.465 e. The van der Waals surface area contributed by atoms with Gasteiger partial charge < -0.3 is 4.42 Å². The second-order valence-corrected chi connectivity index (χ2v) is 4.91. The average Bonchev–Trinajstić information content (AvgIpc) is 2.89. The number of allylic oxidation sites excluding steroid dienone is 2. The molecule has 0 radical (unpaired) electrons. The number of rotatable bonds is 2. The molecule has 16 heavy (non-hydrogen) atoms. The van der Waals surface area contributed by atoms with Crippen molar-refractivity contribution in [3.8, 4) is 0 Å². The van der Waals surface area contributed by atoms with Crippen LogP contribution in [0.25, 0.3) is 6.08 Å². The molecule has 1 aliphatic rings. The van der Waals surface area contributed by atoms with Gasteiger partial charge in [-0.1, -0.05) is 6.08 Å². The van der Waals surface area contributed by atoms with Gasteiger partial charge in [0.2, 0.25) is 5.12 Å². The van der Waals surface area contributed by atoms with E-state index in [9.17, 15) is 4.79 Å². The van der Waals surface area contributed by atoms with Gasteiger partial charge >= 0.3 is 0 Å². The Morgan fingerprint density at radius 2 is 2.44 bits per heavy atom. The highest BCUT2D eigenvalue weighted by Gasteiger charge is 2.20. The Balaban J connectivity index is 2.08. The second-order valence-electron chi connectivity index (χ2n) is 2.90. The fourth-order valence-electron chi connectivity index (χ4n) is 1.11. The third-order valence-electron chi connectivity index (χ3n) is 1.83. The first-order valence-corrected chi connectivity index (χ1v) is 6.60. The van der Waals surface area contributed by atoms with Crippen molar-refractivity contribution >= 4 is 39.1 Å². The lowest BCUT2D eigenvalue weighted by atomic mass is 10.3. The van der Waals surface area contributed by atoms with Gasteiger partial charge in [-0.3, -0.25) is 4.79 Å². The van der Waals surface area contributed by atoms with Gasteiger partial charge in [0, 0.05) is 0 Å². The summed E-state index contributed by atoms with van der Waals surface area (Å²) in [5, 5.41) is -0.00607. The summed E-state index contributed by atoms with van der Waals surface area (Å²) < 4.78 is 5.92. The van der Waals surface area contributed by atoms with E-state index in [4.69, 9.17) is 4.42 Å². The van der Waals surface area contributed by atoms with Gasteiger partial charge in [-0.15, -0.1) is 11.8 Å². The van der Waals surface area contributed by atoms with E-state index in [0.717, 1.165) is 10.1 Å². The summed E-state index contributed by atoms with van der Waals surface area (Å²) in [7, 11) is 0. The van der Waals surface area contributed by atoms with Crippen LogP contribution < -0.4 is 0 Å². The Bertz CT molecular complexity index is 472. The quantitative estimate of drug-likeness (QED) is 0.757. The van der Waals surface area contributed by atoms with Crippen LogP contribution in [0.3, 0.4) is 0 Å². The third-order valence-corrected chi connectivity index (χ3v) is 3.68. The van der Waals surface area contributed by atoms with Crippen LogP contribution in [0.1, 0.15) is 5.76 Å². The summed E-state index contributed by atoms with van der Waals surface area (Å²) in [6.45, 7) is 0. The molecule has 0 atom stereocenters. The van der Waals surface area contributed by atoms with E-state index in [1.54, 1.807) is 24.5 Å². The molecule has 1 aliphatic heterocycles. The third kappa shape index (κ3) is 2.68. The zero-order chi connectivity index (χ0) is 11.4. The minimum Gasteiger partial charge on any atom is -0.465 e. The number of nitrogens with zero attached hydrogens (tertiary/aromatic N) is 1. The first-order valence-electron chi connectivity index (χ1n) is 4.56. The van der Waals surface area contributed by atoms with Crippen molar-refractivity contribution in [2.45, 2.75) is 0 Å². The molecule has 1 aromatic rings. The highest BCUT2D eigenvalue weighted by atomic mass is 32.2. The molecule has 2 rings (SSSR count). The lowest BCUT2D eigenvalue weighted by molar-refractivity contribution is -0.107. The number of carbonyl (C=O) groups is 1. The number of furan rings is 1. The van der Waals surface area contributed by atoms with E-state index in [0.29, 0.717) is 5.70 Å². The summed E-state index contributed by atoms with van der Waals surface area (Å²) in [4.78, 5) is 15.6. The van der Waals surface area contributed by atoms with E-state index in [1.807, 2.05) is 18.4 Å². The molecule has 0 saturated heterocycles. The second kappa shape index (κ2) is 5.23. The fraction of sp³-hybridized carbons (Fsp3) is 0.0909. The molecule has 3 nitrogen and oxygen atoms in total. The number of hydrogen-bond acceptors (Lipinski definition) is 5. The lowest BCUT2D eigenvalue weighted by Gasteiger charge is -1.85. The Morgan fingerprint density at radius 3 is 3.06 bits per heavy atom. The Morgan fingerprint density at radius 1 is 1.56 bits per heavy atom. The first-order chi connectivity index (χ1) is 7.79. The molecule has 0 fully saturated rings. The van der Waals surface area contributed by atoms with Gasteiger partial charge in [-0.2, -0.15) is 0 Å². The van der Waals surface area contributed by atoms with E-state index in [2.05, 4.69) is 4.99 Å². The number of thioether (sulfide) groups is 2. The molecule has 0 amide bonds. The highest BCUT2D eigenvalue weighted by molar-refractivity contribution is 8.45. The summed E-state index contributed by atoms with van der Waals surface area (Å²) in [5.41, 5.74) is 0.483. The lowest BCUT2D eigenvalue weighted by Crippen LogP contribution is -1.86. The van der Waals surface area contributed by atoms with Gasteiger partial charge in [0.05, 0.1) is 6.26 Å². The number of aliphatic imine (C=N–C) groups is 1. The summed E-state index contributed by atoms with van der Waals surface area (Å²) in [6.07, 6.45) is 8.76. The Labute approximate surface area is 102 Å². The molecule has 1 aromatic heterocycles. The number of carbonyl (C=O) groups excluding carboxylic acids is 1. The van der Waals surface area contributed by atoms with Crippen LogP contribution in [-0.2, 0) is 4.79 Å². The van der Waals surface area contributed by atoms with E-state index >= 15 is 0 Å². The van der Waals surface area contributed by atoms with E-state index < -0.39 is 0 Å². The molecular formula is C11H9NO2S2. The summed E-state index contributed by atoms with van der Waals surface area (Å²) in [5.74, 6) is 0.754. The summed E-state index contributed by atoms with van der Waals surface area (Å²) >= 11 is 2.65. The minimum atomic E-state index is -0.00607. The molecule has 5 heteroatoms. The Kier molecular flexibility index (Phi) is 3.69. The average molecular weight is 251 g/mol. The minimum absolute atomic E-state index is 0.00607. The molecule has 0 N–H and O–H groups in total. The van der Waals surface area contributed by atoms with Gasteiger partial charge in [-0.05, 0) is 42.3 Å². The molecule has 0 bridgehead atoms. The van der Waals surface area contributed by atoms with Crippen LogP contribution in [0.15, 0.2) is 45.7 Å². The molecule has 2 heterocycles. The maximum Gasteiger partial charge on any atom is 0.244 e. The molecule has 0 unspecified atom stereocenters. The molecular weight excluding hydrogens is 242 g/mol. The van der Waals surface area contributed by atoms with Crippen molar-refractivity contribution in [3.63, 3.8) is 0 Å². The van der Waals surface area contributed by atoms with Crippen LogP contribution in [0, 0.1) is 0 Å². The topological polar surface area (TPSA) is 42.6 Å². The molecule has 0 saturated carbocycles. The zero-order valence-corrected chi connectivity index (χ0v) is 10.2. The highest BCUT2D eigenvalue weighted by Crippen LogP contribution is 2.28. The van der Waals surface area contributed by atoms with Crippen LogP contribution in [0.5, 0.6) is 0 Å². The van der Waals surface area contributed by atoms with Crippen LogP contribution in [0.2, 0.25) is 0 Å². The normalized spacial score (nSPS) is 18.7. The predicted octanol–water partition coefficient (Wildman–Crippen LogP) is 3.17. The van der Waals surface area contributed by atoms with Crippen molar-refractivity contribution in [1.82, 2.24) is 0 Å². The van der Waals surface area contributed by atoms with Crippen molar-refractivity contribution in [2.24, 2.45) is 4.99 Å². The summed E-state index contributed by atoms with van der Waals surface area (Å²) in [6, 6.07) is 3.66. The zero-order valence-electron chi connectivity index (χ0n) is 8.54. The Hall–Kier alpha value is -1.20. The number of hydrogen-bond donors (Lipinski definition) is 0. The molecule has 0 aliphatic carbocycles. The smallest absolute Gasteiger partial charge is 0.244 e. The first kappa shape index (κ1) is 11.3. The van der Waals surface area contributed by atoms with Gasteiger partial charge in [0.15, 0.2) is 0 Å². The van der Waals surface area contributed by atoms with E-state index in [1.165, 1.54) is 23.5 Å². The van der Waals surface area contributed by atoms with Crippen molar-refractivity contribution in [3.05, 3.63) is 42.0 Å². The maximum absolute atomic E-state index is 11.4. The van der Waals surface area contributed by atoms with Crippen LogP contribution >= 0.6 is 23.5 Å².